The number of aliphatic carboxylic acids is 1. The Bertz CT molecular complexity index is 466. The molecule has 0 bridgehead atoms. The van der Waals surface area contributed by atoms with Gasteiger partial charge in [-0.25, -0.2) is 8.42 Å². The minimum atomic E-state index is -3.63. The molecule has 0 heterocycles. The fourth-order valence-electron chi connectivity index (χ4n) is 1.40. The lowest BCUT2D eigenvalue weighted by Gasteiger charge is -2.15. The summed E-state index contributed by atoms with van der Waals surface area (Å²) in [5.74, 6) is -1.05. The average Bonchev–Trinajstić information content (AvgIpc) is 2.30. The third-order valence-electron chi connectivity index (χ3n) is 2.27. The molecule has 0 radical (unpaired) electrons. The number of hydrogen-bond acceptors (Lipinski definition) is 4. The van der Waals surface area contributed by atoms with Crippen LogP contribution in [0.3, 0.4) is 0 Å². The Morgan fingerprint density at radius 3 is 2.41 bits per heavy atom. The third kappa shape index (κ3) is 3.54. The largest absolute Gasteiger partial charge is 0.481 e. The number of rotatable bonds is 6. The number of sulfone groups is 1. The van der Waals surface area contributed by atoms with Crippen LogP contribution in [0.2, 0.25) is 0 Å². The van der Waals surface area contributed by atoms with Gasteiger partial charge in [0.05, 0.1) is 4.90 Å². The minimum absolute atomic E-state index is 0.0664. The van der Waals surface area contributed by atoms with E-state index in [4.69, 9.17) is 9.84 Å². The molecule has 6 heteroatoms. The van der Waals surface area contributed by atoms with Gasteiger partial charge in [-0.1, -0.05) is 18.2 Å². The molecule has 0 aliphatic heterocycles. The summed E-state index contributed by atoms with van der Waals surface area (Å²) in [6.07, 6.45) is -0.312. The van der Waals surface area contributed by atoms with Gasteiger partial charge in [0.1, 0.15) is 0 Å². The molecule has 0 aliphatic rings. The van der Waals surface area contributed by atoms with Gasteiger partial charge in [0.15, 0.2) is 5.44 Å². The van der Waals surface area contributed by atoms with Gasteiger partial charge < -0.3 is 9.84 Å². The molecule has 1 atom stereocenters. The van der Waals surface area contributed by atoms with Crippen molar-refractivity contribution in [3.63, 3.8) is 0 Å². The number of carbonyl (C=O) groups is 1. The molecule has 0 aromatic heterocycles. The standard InChI is InChI=1S/C11H14O5S/c1-16-11(8-7-10(12)13)17(14,15)9-5-3-2-4-6-9/h2-6,11H,7-8H2,1H3,(H,12,13). The Morgan fingerprint density at radius 2 is 1.94 bits per heavy atom. The van der Waals surface area contributed by atoms with Crippen molar-refractivity contribution in [3.8, 4) is 0 Å². The molecular formula is C11H14O5S. The first kappa shape index (κ1) is 13.7. The fraction of sp³-hybridized carbons (Fsp3) is 0.364. The molecule has 94 valence electrons. The fourth-order valence-corrected chi connectivity index (χ4v) is 2.92. The maximum absolute atomic E-state index is 12.1. The Hall–Kier alpha value is -1.40. The van der Waals surface area contributed by atoms with Crippen molar-refractivity contribution < 1.29 is 23.1 Å². The van der Waals surface area contributed by atoms with Gasteiger partial charge in [0.25, 0.3) is 0 Å². The Morgan fingerprint density at radius 1 is 1.35 bits per heavy atom. The van der Waals surface area contributed by atoms with Crippen LogP contribution in [0.5, 0.6) is 0 Å². The quantitative estimate of drug-likeness (QED) is 0.831. The molecule has 0 saturated heterocycles. The van der Waals surface area contributed by atoms with E-state index in [2.05, 4.69) is 0 Å². The second-order valence-corrected chi connectivity index (χ2v) is 5.54. The molecule has 0 aliphatic carbocycles. The number of benzene rings is 1. The lowest BCUT2D eigenvalue weighted by Crippen LogP contribution is -2.24. The zero-order valence-electron chi connectivity index (χ0n) is 9.37. The Balaban J connectivity index is 2.91. The van der Waals surface area contributed by atoms with Crippen LogP contribution in [0.15, 0.2) is 35.2 Å². The van der Waals surface area contributed by atoms with Crippen molar-refractivity contribution >= 4 is 15.8 Å². The van der Waals surface area contributed by atoms with Crippen LogP contribution in [-0.4, -0.2) is 32.0 Å². The van der Waals surface area contributed by atoms with Gasteiger partial charge in [-0.15, -0.1) is 0 Å². The molecule has 1 N–H and O–H groups in total. The molecule has 1 rings (SSSR count). The van der Waals surface area contributed by atoms with E-state index in [0.29, 0.717) is 0 Å². The number of hydrogen-bond donors (Lipinski definition) is 1. The van der Waals surface area contributed by atoms with Crippen molar-refractivity contribution in [2.45, 2.75) is 23.2 Å². The molecular weight excluding hydrogens is 244 g/mol. The van der Waals surface area contributed by atoms with E-state index in [-0.39, 0.29) is 17.7 Å². The van der Waals surface area contributed by atoms with Gasteiger partial charge in [0.2, 0.25) is 9.84 Å². The molecule has 1 aromatic carbocycles. The van der Waals surface area contributed by atoms with E-state index < -0.39 is 21.2 Å². The van der Waals surface area contributed by atoms with Crippen LogP contribution >= 0.6 is 0 Å². The second kappa shape index (κ2) is 5.79. The highest BCUT2D eigenvalue weighted by Gasteiger charge is 2.27. The lowest BCUT2D eigenvalue weighted by atomic mass is 10.3. The number of methoxy groups -OCH3 is 1. The normalized spacial score (nSPS) is 13.2. The molecule has 1 unspecified atom stereocenters. The molecule has 17 heavy (non-hydrogen) atoms. The first-order chi connectivity index (χ1) is 7.98. The van der Waals surface area contributed by atoms with Crippen molar-refractivity contribution in [2.75, 3.05) is 7.11 Å². The first-order valence-electron chi connectivity index (χ1n) is 5.02. The molecule has 0 saturated carbocycles. The monoisotopic (exact) mass is 258 g/mol. The SMILES string of the molecule is COC(CCC(=O)O)S(=O)(=O)c1ccccc1. The van der Waals surface area contributed by atoms with Crippen LogP contribution in [0.1, 0.15) is 12.8 Å². The number of carboxylic acid groups (broad SMARTS) is 1. The van der Waals surface area contributed by atoms with E-state index in [1.165, 1.54) is 19.2 Å². The summed E-state index contributed by atoms with van der Waals surface area (Å²) >= 11 is 0. The highest BCUT2D eigenvalue weighted by atomic mass is 32.2. The zero-order chi connectivity index (χ0) is 12.9. The van der Waals surface area contributed by atoms with Gasteiger partial charge in [0, 0.05) is 13.5 Å². The topological polar surface area (TPSA) is 80.7 Å². The first-order valence-corrected chi connectivity index (χ1v) is 6.56. The summed E-state index contributed by atoms with van der Waals surface area (Å²) in [5.41, 5.74) is -1.12. The van der Waals surface area contributed by atoms with E-state index in [9.17, 15) is 13.2 Å². The van der Waals surface area contributed by atoms with Crippen molar-refractivity contribution in [2.24, 2.45) is 0 Å². The lowest BCUT2D eigenvalue weighted by molar-refractivity contribution is -0.137. The number of carboxylic acids is 1. The van der Waals surface area contributed by atoms with Crippen molar-refractivity contribution in [3.05, 3.63) is 30.3 Å². The second-order valence-electron chi connectivity index (χ2n) is 3.46. The molecule has 0 fully saturated rings. The van der Waals surface area contributed by atoms with Gasteiger partial charge >= 0.3 is 5.97 Å². The van der Waals surface area contributed by atoms with Crippen LogP contribution in [0.25, 0.3) is 0 Å². The van der Waals surface area contributed by atoms with Crippen LogP contribution in [-0.2, 0) is 19.4 Å². The smallest absolute Gasteiger partial charge is 0.303 e. The highest BCUT2D eigenvalue weighted by Crippen LogP contribution is 2.19. The Kier molecular flexibility index (Phi) is 4.65. The van der Waals surface area contributed by atoms with Crippen molar-refractivity contribution in [1.82, 2.24) is 0 Å². The van der Waals surface area contributed by atoms with E-state index in [1.807, 2.05) is 0 Å². The summed E-state index contributed by atoms with van der Waals surface area (Å²) < 4.78 is 29.0. The summed E-state index contributed by atoms with van der Waals surface area (Å²) in [5, 5.41) is 8.54. The average molecular weight is 258 g/mol. The van der Waals surface area contributed by atoms with Crippen LogP contribution < -0.4 is 0 Å². The molecule has 5 nitrogen and oxygen atoms in total. The predicted octanol–water partition coefficient (Wildman–Crippen LogP) is 1.30. The summed E-state index contributed by atoms with van der Waals surface area (Å²) in [4.78, 5) is 10.6. The van der Waals surface area contributed by atoms with Crippen molar-refractivity contribution in [1.29, 1.82) is 0 Å². The Labute approximate surface area is 100.0 Å². The van der Waals surface area contributed by atoms with Crippen LogP contribution in [0, 0.1) is 0 Å². The van der Waals surface area contributed by atoms with Gasteiger partial charge in [-0.3, -0.25) is 4.79 Å². The van der Waals surface area contributed by atoms with Crippen LogP contribution in [0.4, 0.5) is 0 Å². The highest BCUT2D eigenvalue weighted by molar-refractivity contribution is 7.91. The summed E-state index contributed by atoms with van der Waals surface area (Å²) in [6, 6.07) is 7.84. The van der Waals surface area contributed by atoms with Gasteiger partial charge in [-0.2, -0.15) is 0 Å². The molecule has 1 aromatic rings. The zero-order valence-corrected chi connectivity index (χ0v) is 10.2. The predicted molar refractivity (Wildman–Crippen MR) is 61.3 cm³/mol. The summed E-state index contributed by atoms with van der Waals surface area (Å²) in [6.45, 7) is 0. The van der Waals surface area contributed by atoms with E-state index in [0.717, 1.165) is 0 Å². The maximum atomic E-state index is 12.1. The minimum Gasteiger partial charge on any atom is -0.481 e. The van der Waals surface area contributed by atoms with E-state index in [1.54, 1.807) is 18.2 Å². The van der Waals surface area contributed by atoms with E-state index >= 15 is 0 Å². The molecule has 0 amide bonds. The summed E-state index contributed by atoms with van der Waals surface area (Å²) in [7, 11) is -2.38. The number of ether oxygens (including phenoxy) is 1. The van der Waals surface area contributed by atoms with Gasteiger partial charge in [-0.05, 0) is 18.6 Å². The molecule has 0 spiro atoms. The maximum Gasteiger partial charge on any atom is 0.303 e. The third-order valence-corrected chi connectivity index (χ3v) is 4.32.